The van der Waals surface area contributed by atoms with Crippen LogP contribution in [0.25, 0.3) is 44.2 Å². The summed E-state index contributed by atoms with van der Waals surface area (Å²) in [5, 5.41) is 1.83. The van der Waals surface area contributed by atoms with Gasteiger partial charge in [0.05, 0.1) is 10.6 Å². The summed E-state index contributed by atoms with van der Waals surface area (Å²) in [5.74, 6) is -0.108. The normalized spacial score (nSPS) is 13.7. The van der Waals surface area contributed by atoms with Crippen LogP contribution in [0.5, 0.6) is 0 Å². The third-order valence-electron chi connectivity index (χ3n) is 8.88. The summed E-state index contributed by atoms with van der Waals surface area (Å²) in [5.41, 5.74) is 6.90. The molecule has 8 nitrogen and oxygen atoms in total. The minimum atomic E-state index is -3.52. The summed E-state index contributed by atoms with van der Waals surface area (Å²) in [6.45, 7) is 3.26. The second kappa shape index (κ2) is 13.0. The number of ether oxygens (including phenoxy) is 1. The highest BCUT2D eigenvalue weighted by Crippen LogP contribution is 2.41. The number of benzene rings is 4. The number of hydrogen-bond acceptors (Lipinski definition) is 6. The first kappa shape index (κ1) is 30.7. The Balaban J connectivity index is 1.23. The summed E-state index contributed by atoms with van der Waals surface area (Å²) in [7, 11) is -1.80. The molecule has 1 saturated heterocycles. The van der Waals surface area contributed by atoms with Crippen LogP contribution in [0.2, 0.25) is 0 Å². The van der Waals surface area contributed by atoms with Gasteiger partial charge in [0.2, 0.25) is 0 Å². The number of nitrogens with zero attached hydrogens (tertiary/aromatic N) is 3. The Hall–Kier alpha value is -4.99. The first-order valence-electron chi connectivity index (χ1n) is 15.9. The van der Waals surface area contributed by atoms with E-state index in [9.17, 15) is 13.2 Å². The number of carbonyl (C=O) groups excluding carboxylic acids is 1. The van der Waals surface area contributed by atoms with E-state index in [1.165, 1.54) is 17.7 Å². The molecule has 1 aliphatic heterocycles. The topological polar surface area (TPSA) is 95.6 Å². The first-order chi connectivity index (χ1) is 22.9. The molecule has 1 aliphatic rings. The van der Waals surface area contributed by atoms with Gasteiger partial charge in [-0.3, -0.25) is 9.80 Å². The first-order valence-corrected chi connectivity index (χ1v) is 17.5. The van der Waals surface area contributed by atoms with Crippen molar-refractivity contribution >= 4 is 43.6 Å². The summed E-state index contributed by atoms with van der Waals surface area (Å²) >= 11 is 0. The van der Waals surface area contributed by atoms with E-state index >= 15 is 0 Å². The molecule has 238 valence electrons. The number of rotatable bonds is 9. The van der Waals surface area contributed by atoms with E-state index in [0.717, 1.165) is 69.5 Å². The molecule has 1 N–H and O–H groups in total. The number of aromatic amines is 1. The number of likely N-dealkylation sites (tertiary alicyclic amines) is 1. The van der Waals surface area contributed by atoms with Crippen molar-refractivity contribution in [3.8, 4) is 22.3 Å². The molecule has 4 aromatic carbocycles. The number of amides is 1. The Labute approximate surface area is 274 Å². The number of sulfone groups is 1. The predicted octanol–water partition coefficient (Wildman–Crippen LogP) is 7.69. The van der Waals surface area contributed by atoms with Gasteiger partial charge in [-0.05, 0) is 79.0 Å². The Kier molecular flexibility index (Phi) is 8.49. The molecule has 0 atom stereocenters. The molecule has 7 rings (SSSR count). The van der Waals surface area contributed by atoms with Gasteiger partial charge in [0.15, 0.2) is 9.84 Å². The van der Waals surface area contributed by atoms with Gasteiger partial charge >= 0.3 is 6.09 Å². The van der Waals surface area contributed by atoms with Gasteiger partial charge in [-0.25, -0.2) is 18.2 Å². The van der Waals surface area contributed by atoms with Crippen molar-refractivity contribution in [2.24, 2.45) is 0 Å². The van der Waals surface area contributed by atoms with Crippen LogP contribution in [0.1, 0.15) is 18.4 Å². The summed E-state index contributed by atoms with van der Waals surface area (Å²) in [6, 6.07) is 32.2. The van der Waals surface area contributed by atoms with Gasteiger partial charge < -0.3 is 9.72 Å². The van der Waals surface area contributed by atoms with Crippen LogP contribution in [-0.2, 0) is 20.3 Å². The number of nitrogens with one attached hydrogen (secondary N) is 1. The Bertz CT molecular complexity index is 2140. The number of anilines is 1. The lowest BCUT2D eigenvalue weighted by Gasteiger charge is -2.19. The van der Waals surface area contributed by atoms with Crippen molar-refractivity contribution in [2.45, 2.75) is 23.5 Å². The Morgan fingerprint density at radius 1 is 0.894 bits per heavy atom. The molecule has 9 heteroatoms. The van der Waals surface area contributed by atoms with Gasteiger partial charge in [0.1, 0.15) is 12.3 Å². The van der Waals surface area contributed by atoms with Crippen LogP contribution in [0, 0.1) is 0 Å². The smallest absolute Gasteiger partial charge is 0.414 e. The molecule has 3 heterocycles. The molecule has 0 unspecified atom stereocenters. The number of fused-ring (bicyclic) bond motifs is 3. The van der Waals surface area contributed by atoms with Crippen molar-refractivity contribution in [2.75, 3.05) is 38.2 Å². The second-order valence-electron chi connectivity index (χ2n) is 12.0. The van der Waals surface area contributed by atoms with Crippen LogP contribution in [0.3, 0.4) is 0 Å². The predicted molar refractivity (Wildman–Crippen MR) is 187 cm³/mol. The fourth-order valence-corrected chi connectivity index (χ4v) is 7.74. The van der Waals surface area contributed by atoms with E-state index in [-0.39, 0.29) is 11.8 Å². The average Bonchev–Trinajstić information content (AvgIpc) is 3.76. The quantitative estimate of drug-likeness (QED) is 0.173. The fraction of sp³-hybridized carbons (Fsp3) is 0.211. The molecule has 0 bridgehead atoms. The van der Waals surface area contributed by atoms with Crippen LogP contribution in [0.4, 0.5) is 10.5 Å². The van der Waals surface area contributed by atoms with E-state index in [1.807, 2.05) is 72.9 Å². The minimum absolute atomic E-state index is 0.108. The van der Waals surface area contributed by atoms with E-state index in [1.54, 1.807) is 31.3 Å². The fourth-order valence-electron chi connectivity index (χ4n) is 6.38. The van der Waals surface area contributed by atoms with Crippen LogP contribution in [-0.4, -0.2) is 62.7 Å². The van der Waals surface area contributed by atoms with E-state index < -0.39 is 9.84 Å². The average molecular weight is 645 g/mol. The molecule has 0 spiro atoms. The lowest BCUT2D eigenvalue weighted by molar-refractivity contribution is 0.140. The monoisotopic (exact) mass is 644 g/mol. The van der Waals surface area contributed by atoms with Crippen molar-refractivity contribution in [1.82, 2.24) is 14.9 Å². The number of H-pyrrole nitrogens is 1. The molecule has 2 aromatic heterocycles. The van der Waals surface area contributed by atoms with E-state index in [4.69, 9.17) is 9.72 Å². The molecule has 0 saturated carbocycles. The molecule has 6 aromatic rings. The lowest BCUT2D eigenvalue weighted by atomic mass is 9.92. The third kappa shape index (κ3) is 6.37. The standard InChI is InChI=1S/C38H36N4O4S/c1-41(38(43)46-23-22-42-20-8-9-21-42)30-17-15-28(16-18-30)33-25-39-37-36(35(33)29-10-4-2-5-11-29)32-24-27(14-19-34(32)40-37)26-47(44,45)31-12-6-3-7-13-31/h2-7,10-19,24-25H,8-9,20-23,26H2,1H3,(H,39,40). The maximum atomic E-state index is 13.2. The van der Waals surface area contributed by atoms with E-state index in [0.29, 0.717) is 17.1 Å². The zero-order chi connectivity index (χ0) is 32.4. The summed E-state index contributed by atoms with van der Waals surface area (Å²) < 4.78 is 32.0. The second-order valence-corrected chi connectivity index (χ2v) is 14.0. The van der Waals surface area contributed by atoms with Crippen molar-refractivity contribution in [3.05, 3.63) is 115 Å². The van der Waals surface area contributed by atoms with Crippen molar-refractivity contribution in [3.63, 3.8) is 0 Å². The van der Waals surface area contributed by atoms with Crippen molar-refractivity contribution in [1.29, 1.82) is 0 Å². The summed E-state index contributed by atoms with van der Waals surface area (Å²) in [6.07, 6.45) is 3.89. The third-order valence-corrected chi connectivity index (χ3v) is 10.6. The van der Waals surface area contributed by atoms with Gasteiger partial charge in [0, 0.05) is 52.9 Å². The maximum absolute atomic E-state index is 13.2. The Morgan fingerprint density at radius 2 is 1.60 bits per heavy atom. The van der Waals surface area contributed by atoms with Gasteiger partial charge in [-0.2, -0.15) is 0 Å². The van der Waals surface area contributed by atoms with Crippen LogP contribution < -0.4 is 4.90 Å². The SMILES string of the molecule is CN(C(=O)OCCN1CCCC1)c1ccc(-c2cnc3[nH]c4ccc(CS(=O)(=O)c5ccccc5)cc4c3c2-c2ccccc2)cc1. The number of aromatic nitrogens is 2. The van der Waals surface area contributed by atoms with Gasteiger partial charge in [0.25, 0.3) is 0 Å². The molecule has 1 fully saturated rings. The number of carbonyl (C=O) groups is 1. The molecular formula is C38H36N4O4S. The van der Waals surface area contributed by atoms with Crippen molar-refractivity contribution < 1.29 is 17.9 Å². The zero-order valence-corrected chi connectivity index (χ0v) is 27.0. The van der Waals surface area contributed by atoms with Crippen LogP contribution >= 0.6 is 0 Å². The maximum Gasteiger partial charge on any atom is 0.414 e. The van der Waals surface area contributed by atoms with Gasteiger partial charge in [-0.1, -0.05) is 66.7 Å². The van der Waals surface area contributed by atoms with Gasteiger partial charge in [-0.15, -0.1) is 0 Å². The lowest BCUT2D eigenvalue weighted by Crippen LogP contribution is -2.31. The molecule has 1 amide bonds. The number of hydrogen-bond donors (Lipinski definition) is 1. The van der Waals surface area contributed by atoms with E-state index in [2.05, 4.69) is 22.0 Å². The minimum Gasteiger partial charge on any atom is -0.448 e. The Morgan fingerprint density at radius 3 is 2.32 bits per heavy atom. The largest absolute Gasteiger partial charge is 0.448 e. The molecular weight excluding hydrogens is 609 g/mol. The highest BCUT2D eigenvalue weighted by atomic mass is 32.2. The molecule has 47 heavy (non-hydrogen) atoms. The van der Waals surface area contributed by atoms with Crippen LogP contribution in [0.15, 0.2) is 114 Å². The summed E-state index contributed by atoms with van der Waals surface area (Å²) in [4.78, 5) is 25.2. The zero-order valence-electron chi connectivity index (χ0n) is 26.2. The molecule has 0 aliphatic carbocycles. The number of pyridine rings is 1. The molecule has 0 radical (unpaired) electrons. The highest BCUT2D eigenvalue weighted by Gasteiger charge is 2.21. The highest BCUT2D eigenvalue weighted by molar-refractivity contribution is 7.90.